The third-order valence-corrected chi connectivity index (χ3v) is 3.41. The van der Waals surface area contributed by atoms with Gasteiger partial charge in [-0.05, 0) is 35.4 Å². The molecule has 0 radical (unpaired) electrons. The number of hydrogen-bond donors (Lipinski definition) is 0. The van der Waals surface area contributed by atoms with Crippen LogP contribution in [0.3, 0.4) is 0 Å². The molecule has 2 aromatic carbocycles. The van der Waals surface area contributed by atoms with Gasteiger partial charge in [-0.2, -0.15) is 0 Å². The van der Waals surface area contributed by atoms with Gasteiger partial charge in [0.15, 0.2) is 11.5 Å². The molecule has 2 aromatic rings. The number of carbonyl (C=O) groups is 1. The van der Waals surface area contributed by atoms with Gasteiger partial charge in [-0.1, -0.05) is 18.2 Å². The third kappa shape index (κ3) is 3.40. The van der Waals surface area contributed by atoms with Gasteiger partial charge in [0.05, 0.1) is 14.2 Å². The normalized spacial score (nSPS) is 11.8. The van der Waals surface area contributed by atoms with Gasteiger partial charge in [0.1, 0.15) is 12.1 Å². The van der Waals surface area contributed by atoms with E-state index in [0.717, 1.165) is 17.4 Å². The molecule has 21 heavy (non-hydrogen) atoms. The Kier molecular flexibility index (Phi) is 4.93. The maximum Gasteiger partial charge on any atom is 0.161 e. The van der Waals surface area contributed by atoms with Crippen molar-refractivity contribution in [2.24, 2.45) is 0 Å². The zero-order valence-electron chi connectivity index (χ0n) is 12.0. The smallest absolute Gasteiger partial charge is 0.161 e. The molecule has 0 spiro atoms. The summed E-state index contributed by atoms with van der Waals surface area (Å²) in [5.41, 5.74) is 1.81. The number of aldehydes is 1. The zero-order valence-corrected chi connectivity index (χ0v) is 12.0. The summed E-state index contributed by atoms with van der Waals surface area (Å²) in [6.07, 6.45) is 1.19. The molecule has 0 bridgehead atoms. The quantitative estimate of drug-likeness (QED) is 0.762. The van der Waals surface area contributed by atoms with Gasteiger partial charge in [-0.25, -0.2) is 4.39 Å². The average molecular weight is 288 g/mol. The van der Waals surface area contributed by atoms with Gasteiger partial charge >= 0.3 is 0 Å². The summed E-state index contributed by atoms with van der Waals surface area (Å²) >= 11 is 0. The van der Waals surface area contributed by atoms with Crippen molar-refractivity contribution in [1.29, 1.82) is 0 Å². The first kappa shape index (κ1) is 15.0. The Hall–Kier alpha value is -2.36. The second kappa shape index (κ2) is 6.88. The summed E-state index contributed by atoms with van der Waals surface area (Å²) in [6.45, 7) is 0. The highest BCUT2D eigenvalue weighted by molar-refractivity contribution is 5.55. The van der Waals surface area contributed by atoms with Gasteiger partial charge in [0.25, 0.3) is 0 Å². The molecule has 0 aliphatic heterocycles. The predicted octanol–water partition coefficient (Wildman–Crippen LogP) is 3.56. The van der Waals surface area contributed by atoms with E-state index < -0.39 is 0 Å². The van der Waals surface area contributed by atoms with E-state index in [4.69, 9.17) is 9.47 Å². The molecular weight excluding hydrogens is 271 g/mol. The Morgan fingerprint density at radius 3 is 2.19 bits per heavy atom. The fourth-order valence-electron chi connectivity index (χ4n) is 2.33. The van der Waals surface area contributed by atoms with Crippen LogP contribution in [0, 0.1) is 5.82 Å². The molecule has 1 unspecified atom stereocenters. The van der Waals surface area contributed by atoms with Gasteiger partial charge in [0, 0.05) is 12.3 Å². The van der Waals surface area contributed by atoms with Crippen LogP contribution in [0.15, 0.2) is 42.5 Å². The number of ether oxygens (including phenoxy) is 2. The summed E-state index contributed by atoms with van der Waals surface area (Å²) < 4.78 is 23.5. The summed E-state index contributed by atoms with van der Waals surface area (Å²) in [5.74, 6) is 0.803. The maximum atomic E-state index is 13.0. The highest BCUT2D eigenvalue weighted by atomic mass is 19.1. The van der Waals surface area contributed by atoms with Gasteiger partial charge < -0.3 is 14.3 Å². The number of methoxy groups -OCH3 is 2. The number of hydrogen-bond acceptors (Lipinski definition) is 3. The molecule has 110 valence electrons. The minimum Gasteiger partial charge on any atom is -0.493 e. The number of halogens is 1. The standard InChI is InChI=1S/C17H17FO3/c1-20-16-8-5-13(11-17(16)21-2)15(9-10-19)12-3-6-14(18)7-4-12/h3-8,10-11,15H,9H2,1-2H3. The molecule has 0 aliphatic rings. The molecule has 2 rings (SSSR count). The fourth-order valence-corrected chi connectivity index (χ4v) is 2.33. The molecule has 0 fully saturated rings. The topological polar surface area (TPSA) is 35.5 Å². The molecule has 0 aromatic heterocycles. The van der Waals surface area contributed by atoms with E-state index in [0.29, 0.717) is 17.9 Å². The lowest BCUT2D eigenvalue weighted by atomic mass is 9.89. The van der Waals surface area contributed by atoms with Crippen molar-refractivity contribution < 1.29 is 18.7 Å². The summed E-state index contributed by atoms with van der Waals surface area (Å²) in [6, 6.07) is 11.7. The van der Waals surface area contributed by atoms with Crippen LogP contribution in [-0.4, -0.2) is 20.5 Å². The molecule has 0 amide bonds. The minimum absolute atomic E-state index is 0.136. The van der Waals surface area contributed by atoms with Crippen LogP contribution in [0.4, 0.5) is 4.39 Å². The van der Waals surface area contributed by atoms with E-state index in [9.17, 15) is 9.18 Å². The molecule has 4 heteroatoms. The Morgan fingerprint density at radius 2 is 1.62 bits per heavy atom. The maximum absolute atomic E-state index is 13.0. The molecule has 0 saturated heterocycles. The first-order valence-electron chi connectivity index (χ1n) is 6.60. The summed E-state index contributed by atoms with van der Waals surface area (Å²) in [7, 11) is 3.13. The highest BCUT2D eigenvalue weighted by Crippen LogP contribution is 2.34. The second-order valence-corrected chi connectivity index (χ2v) is 4.62. The molecule has 1 atom stereocenters. The Labute approximate surface area is 123 Å². The Bertz CT molecular complexity index is 608. The molecule has 0 aliphatic carbocycles. The lowest BCUT2D eigenvalue weighted by Gasteiger charge is -2.17. The van der Waals surface area contributed by atoms with Crippen LogP contribution in [0.1, 0.15) is 23.5 Å². The van der Waals surface area contributed by atoms with Crippen LogP contribution in [0.2, 0.25) is 0 Å². The molecule has 0 heterocycles. The lowest BCUT2D eigenvalue weighted by Crippen LogP contribution is -2.03. The summed E-state index contributed by atoms with van der Waals surface area (Å²) in [4.78, 5) is 11.0. The van der Waals surface area contributed by atoms with Gasteiger partial charge in [-0.3, -0.25) is 0 Å². The van der Waals surface area contributed by atoms with E-state index in [1.807, 2.05) is 12.1 Å². The summed E-state index contributed by atoms with van der Waals surface area (Å²) in [5, 5.41) is 0. The number of carbonyl (C=O) groups excluding carboxylic acids is 1. The molecule has 0 saturated carbocycles. The largest absolute Gasteiger partial charge is 0.493 e. The van der Waals surface area contributed by atoms with Crippen molar-refractivity contribution in [3.05, 3.63) is 59.4 Å². The van der Waals surface area contributed by atoms with Crippen molar-refractivity contribution in [3.63, 3.8) is 0 Å². The number of benzene rings is 2. The fraction of sp³-hybridized carbons (Fsp3) is 0.235. The first-order chi connectivity index (χ1) is 10.2. The monoisotopic (exact) mass is 288 g/mol. The second-order valence-electron chi connectivity index (χ2n) is 4.62. The first-order valence-corrected chi connectivity index (χ1v) is 6.60. The molecular formula is C17H17FO3. The van der Waals surface area contributed by atoms with E-state index in [1.54, 1.807) is 32.4 Å². The minimum atomic E-state index is -0.295. The predicted molar refractivity (Wildman–Crippen MR) is 78.5 cm³/mol. The Morgan fingerprint density at radius 1 is 1.00 bits per heavy atom. The molecule has 0 N–H and O–H groups in total. The van der Waals surface area contributed by atoms with Gasteiger partial charge in [0.2, 0.25) is 0 Å². The van der Waals surface area contributed by atoms with Crippen LogP contribution in [-0.2, 0) is 4.79 Å². The lowest BCUT2D eigenvalue weighted by molar-refractivity contribution is -0.108. The van der Waals surface area contributed by atoms with Crippen molar-refractivity contribution in [1.82, 2.24) is 0 Å². The van der Waals surface area contributed by atoms with E-state index in [2.05, 4.69) is 0 Å². The Balaban J connectivity index is 2.42. The van der Waals surface area contributed by atoms with Crippen molar-refractivity contribution in [2.45, 2.75) is 12.3 Å². The van der Waals surface area contributed by atoms with E-state index in [-0.39, 0.29) is 11.7 Å². The van der Waals surface area contributed by atoms with Crippen molar-refractivity contribution in [2.75, 3.05) is 14.2 Å². The molecule has 3 nitrogen and oxygen atoms in total. The SMILES string of the molecule is COc1ccc(C(CC=O)c2ccc(F)cc2)cc1OC. The highest BCUT2D eigenvalue weighted by Gasteiger charge is 2.16. The average Bonchev–Trinajstić information content (AvgIpc) is 2.53. The van der Waals surface area contributed by atoms with Crippen LogP contribution < -0.4 is 9.47 Å². The van der Waals surface area contributed by atoms with Crippen LogP contribution in [0.5, 0.6) is 11.5 Å². The number of rotatable bonds is 6. The van der Waals surface area contributed by atoms with E-state index >= 15 is 0 Å². The van der Waals surface area contributed by atoms with Crippen LogP contribution in [0.25, 0.3) is 0 Å². The zero-order chi connectivity index (χ0) is 15.2. The van der Waals surface area contributed by atoms with Crippen molar-refractivity contribution >= 4 is 6.29 Å². The van der Waals surface area contributed by atoms with Gasteiger partial charge in [-0.15, -0.1) is 0 Å². The van der Waals surface area contributed by atoms with Crippen molar-refractivity contribution in [3.8, 4) is 11.5 Å². The van der Waals surface area contributed by atoms with E-state index in [1.165, 1.54) is 12.1 Å². The third-order valence-electron chi connectivity index (χ3n) is 3.41. The van der Waals surface area contributed by atoms with Crippen LogP contribution >= 0.6 is 0 Å².